The van der Waals surface area contributed by atoms with Gasteiger partial charge in [0.15, 0.2) is 12.2 Å². The van der Waals surface area contributed by atoms with Crippen molar-refractivity contribution in [3.63, 3.8) is 0 Å². The van der Waals surface area contributed by atoms with Crippen molar-refractivity contribution in [3.05, 3.63) is 85.1 Å². The number of hydrogen-bond donors (Lipinski definition) is 3. The van der Waals surface area contributed by atoms with E-state index in [4.69, 9.17) is 37.0 Å². The molecule has 0 aromatic heterocycles. The third kappa shape index (κ3) is 72.6. The standard InChI is InChI=1S/C81H144O17P2/c1-5-9-13-17-21-25-29-33-35-36-37-38-40-44-48-52-56-60-64-68-81(86)98-77(71-91-78(83)65-61-57-53-49-45-41-31-27-23-19-15-11-7-3)74-96-100(89,90)94-70-75(82)69-93-99(87,88)95-73-76(97-80(85)67-63-59-55-51-47-42-32-28-24-20-16-12-8-4)72-92-79(84)66-62-58-54-50-46-43-39-34-30-26-22-18-14-10-6-2/h9,13,21,25,27-28,31-33,35,37-38,44,48,75-77,82H,5-8,10-12,14-20,22-24,26,29-30,34,36,39-43,45-47,49-74H2,1-4H3,(H,87,88)(H,89,90)/b13-9-,25-21-,31-27-,32-28-,35-33-,38-37-,48-44-/t75-,76+,77+/m0/s1. The van der Waals surface area contributed by atoms with Crippen LogP contribution in [0, 0.1) is 0 Å². The summed E-state index contributed by atoms with van der Waals surface area (Å²) in [5, 5.41) is 10.6. The van der Waals surface area contributed by atoms with Crippen molar-refractivity contribution >= 4 is 39.5 Å². The van der Waals surface area contributed by atoms with E-state index in [2.05, 4.69) is 113 Å². The van der Waals surface area contributed by atoms with Crippen LogP contribution in [0.25, 0.3) is 0 Å². The van der Waals surface area contributed by atoms with Crippen LogP contribution in [0.3, 0.4) is 0 Å². The Hall–Kier alpha value is -3.76. The van der Waals surface area contributed by atoms with E-state index in [0.717, 1.165) is 148 Å². The lowest BCUT2D eigenvalue weighted by Crippen LogP contribution is -2.30. The van der Waals surface area contributed by atoms with E-state index in [1.54, 1.807) is 0 Å². The van der Waals surface area contributed by atoms with Gasteiger partial charge in [-0.25, -0.2) is 9.13 Å². The van der Waals surface area contributed by atoms with E-state index in [9.17, 15) is 43.2 Å². The first-order valence-electron chi connectivity index (χ1n) is 39.8. The van der Waals surface area contributed by atoms with Crippen LogP contribution in [0.2, 0.25) is 0 Å². The zero-order chi connectivity index (χ0) is 73.2. The number of phosphoric ester groups is 2. The second-order valence-corrected chi connectivity index (χ2v) is 29.5. The molecule has 0 radical (unpaired) electrons. The molecular weight excluding hydrogens is 1310 g/mol. The molecule has 0 saturated heterocycles. The molecule has 2 unspecified atom stereocenters. The maximum absolute atomic E-state index is 13.1. The zero-order valence-electron chi connectivity index (χ0n) is 63.4. The number of hydrogen-bond acceptors (Lipinski definition) is 15. The summed E-state index contributed by atoms with van der Waals surface area (Å²) in [6, 6.07) is 0. The predicted molar refractivity (Wildman–Crippen MR) is 409 cm³/mol. The van der Waals surface area contributed by atoms with E-state index in [0.29, 0.717) is 25.7 Å². The number of aliphatic hydroxyl groups excluding tert-OH is 1. The summed E-state index contributed by atoms with van der Waals surface area (Å²) < 4.78 is 68.5. The van der Waals surface area contributed by atoms with E-state index < -0.39 is 97.5 Å². The normalized spacial score (nSPS) is 14.3. The highest BCUT2D eigenvalue weighted by Crippen LogP contribution is 2.45. The second kappa shape index (κ2) is 73.5. The molecule has 5 atom stereocenters. The van der Waals surface area contributed by atoms with Crippen LogP contribution in [-0.2, 0) is 65.4 Å². The monoisotopic (exact) mass is 1450 g/mol. The van der Waals surface area contributed by atoms with E-state index >= 15 is 0 Å². The number of esters is 4. The Balaban J connectivity index is 5.36. The molecule has 0 bridgehead atoms. The SMILES string of the molecule is CC/C=C\C/C=C\C/C=C\C/C=C\C/C=C\CCCCCC(=O)O[C@H](COC(=O)CCCCCCC/C=C\CCCCCC)COP(=O)(O)OC[C@@H](O)COP(=O)(O)OC[C@@H](COC(=O)CCCCCCCCCCCCCCCCC)OC(=O)CCCCCCC/C=C\CCCCCC. The van der Waals surface area contributed by atoms with Gasteiger partial charge in [0, 0.05) is 25.7 Å². The van der Waals surface area contributed by atoms with Gasteiger partial charge in [0.2, 0.25) is 0 Å². The van der Waals surface area contributed by atoms with Crippen LogP contribution in [0.5, 0.6) is 0 Å². The molecule has 0 fully saturated rings. The van der Waals surface area contributed by atoms with Crippen LogP contribution in [0.4, 0.5) is 0 Å². The summed E-state index contributed by atoms with van der Waals surface area (Å²) in [4.78, 5) is 72.9. The summed E-state index contributed by atoms with van der Waals surface area (Å²) in [7, 11) is -9.96. The lowest BCUT2D eigenvalue weighted by molar-refractivity contribution is -0.161. The fraction of sp³-hybridized carbons (Fsp3) is 0.778. The maximum atomic E-state index is 13.1. The largest absolute Gasteiger partial charge is 0.472 e. The highest BCUT2D eigenvalue weighted by Gasteiger charge is 2.30. The first-order chi connectivity index (χ1) is 48.7. The van der Waals surface area contributed by atoms with Gasteiger partial charge in [0.05, 0.1) is 26.4 Å². The summed E-state index contributed by atoms with van der Waals surface area (Å²) >= 11 is 0. The van der Waals surface area contributed by atoms with Gasteiger partial charge in [-0.3, -0.25) is 37.3 Å². The van der Waals surface area contributed by atoms with Crippen LogP contribution >= 0.6 is 15.6 Å². The number of aliphatic hydroxyl groups is 1. The van der Waals surface area contributed by atoms with Crippen LogP contribution < -0.4 is 0 Å². The van der Waals surface area contributed by atoms with Gasteiger partial charge in [0.25, 0.3) is 0 Å². The first-order valence-corrected chi connectivity index (χ1v) is 42.8. The van der Waals surface area contributed by atoms with Gasteiger partial charge < -0.3 is 33.8 Å². The molecule has 580 valence electrons. The molecule has 0 aromatic rings. The molecule has 3 N–H and O–H groups in total. The molecule has 0 aliphatic heterocycles. The smallest absolute Gasteiger partial charge is 0.462 e. The number of ether oxygens (including phenoxy) is 4. The van der Waals surface area contributed by atoms with Crippen LogP contribution in [-0.4, -0.2) is 96.7 Å². The van der Waals surface area contributed by atoms with Gasteiger partial charge in [-0.05, 0) is 122 Å². The van der Waals surface area contributed by atoms with E-state index in [1.165, 1.54) is 122 Å². The molecule has 0 rings (SSSR count). The lowest BCUT2D eigenvalue weighted by Gasteiger charge is -2.21. The van der Waals surface area contributed by atoms with Gasteiger partial charge in [-0.1, -0.05) is 286 Å². The van der Waals surface area contributed by atoms with Crippen molar-refractivity contribution in [1.29, 1.82) is 0 Å². The Morgan fingerprint density at radius 3 is 0.830 bits per heavy atom. The van der Waals surface area contributed by atoms with Crippen molar-refractivity contribution in [1.82, 2.24) is 0 Å². The van der Waals surface area contributed by atoms with Crippen molar-refractivity contribution in [3.8, 4) is 0 Å². The highest BCUT2D eigenvalue weighted by atomic mass is 31.2. The number of allylic oxidation sites excluding steroid dienone is 14. The lowest BCUT2D eigenvalue weighted by atomic mass is 10.0. The molecule has 19 heteroatoms. The fourth-order valence-electron chi connectivity index (χ4n) is 10.8. The van der Waals surface area contributed by atoms with Gasteiger partial charge in [-0.2, -0.15) is 0 Å². The Bertz CT molecular complexity index is 2230. The highest BCUT2D eigenvalue weighted by molar-refractivity contribution is 7.47. The topological polar surface area (TPSA) is 237 Å². The molecule has 0 aliphatic carbocycles. The number of phosphoric acid groups is 2. The number of carbonyl (C=O) groups excluding carboxylic acids is 4. The molecule has 17 nitrogen and oxygen atoms in total. The maximum Gasteiger partial charge on any atom is 0.472 e. The summed E-state index contributed by atoms with van der Waals surface area (Å²) in [5.41, 5.74) is 0. The number of rotatable bonds is 75. The predicted octanol–water partition coefficient (Wildman–Crippen LogP) is 23.0. The second-order valence-electron chi connectivity index (χ2n) is 26.6. The summed E-state index contributed by atoms with van der Waals surface area (Å²) in [6.45, 7) is 4.72. The molecule has 0 saturated carbocycles. The average Bonchev–Trinajstić information content (AvgIpc) is 0.929. The van der Waals surface area contributed by atoms with Crippen molar-refractivity contribution in [2.24, 2.45) is 0 Å². The summed E-state index contributed by atoms with van der Waals surface area (Å²) in [5.74, 6) is -2.21. The fourth-order valence-corrected chi connectivity index (χ4v) is 12.3. The van der Waals surface area contributed by atoms with E-state index in [1.807, 2.05) is 0 Å². The Morgan fingerprint density at radius 2 is 0.520 bits per heavy atom. The molecule has 100 heavy (non-hydrogen) atoms. The average molecular weight is 1450 g/mol. The quantitative estimate of drug-likeness (QED) is 0.0169. The van der Waals surface area contributed by atoms with Crippen molar-refractivity contribution in [2.45, 2.75) is 367 Å². The summed E-state index contributed by atoms with van der Waals surface area (Å²) in [6.07, 6.45) is 75.6. The third-order valence-corrected chi connectivity index (χ3v) is 18.7. The molecule has 0 heterocycles. The van der Waals surface area contributed by atoms with Crippen molar-refractivity contribution in [2.75, 3.05) is 39.6 Å². The minimum atomic E-state index is -4.98. The minimum absolute atomic E-state index is 0.0553. The molecule has 0 amide bonds. The Kier molecular flexibility index (Phi) is 70.8. The Labute approximate surface area is 608 Å². The first kappa shape index (κ1) is 96.2. The van der Waals surface area contributed by atoms with Gasteiger partial charge in [0.1, 0.15) is 19.3 Å². The van der Waals surface area contributed by atoms with Gasteiger partial charge >= 0.3 is 39.5 Å². The van der Waals surface area contributed by atoms with Crippen LogP contribution in [0.1, 0.15) is 349 Å². The molecule has 0 aromatic carbocycles. The zero-order valence-corrected chi connectivity index (χ0v) is 65.2. The Morgan fingerprint density at radius 1 is 0.290 bits per heavy atom. The molecule has 0 aliphatic rings. The minimum Gasteiger partial charge on any atom is -0.462 e. The van der Waals surface area contributed by atoms with Crippen molar-refractivity contribution < 1.29 is 80.2 Å². The van der Waals surface area contributed by atoms with E-state index in [-0.39, 0.29) is 25.7 Å². The van der Waals surface area contributed by atoms with Crippen LogP contribution in [0.15, 0.2) is 85.1 Å². The number of carbonyl (C=O) groups is 4. The van der Waals surface area contributed by atoms with Gasteiger partial charge in [-0.15, -0.1) is 0 Å². The third-order valence-electron chi connectivity index (χ3n) is 16.8. The molecular formula is C81H144O17P2. The molecule has 0 spiro atoms. The number of unbranched alkanes of at least 4 members (excludes halogenated alkanes) is 35.